The number of furan rings is 1. The predicted octanol–water partition coefficient (Wildman–Crippen LogP) is 4.38. The minimum Gasteiger partial charge on any atom is -0.491 e. The topological polar surface area (TPSA) is 113 Å². The fraction of sp³-hybridized carbons (Fsp3) is 0.483. The van der Waals surface area contributed by atoms with Crippen LogP contribution in [0.1, 0.15) is 38.8 Å². The van der Waals surface area contributed by atoms with Crippen molar-refractivity contribution in [1.29, 1.82) is 0 Å². The van der Waals surface area contributed by atoms with Crippen LogP contribution in [0.25, 0.3) is 22.4 Å². The van der Waals surface area contributed by atoms with Crippen molar-refractivity contribution in [3.8, 4) is 17.2 Å². The number of aliphatic hydroxyl groups is 2. The van der Waals surface area contributed by atoms with Gasteiger partial charge in [-0.2, -0.15) is 0 Å². The largest absolute Gasteiger partial charge is 0.491 e. The summed E-state index contributed by atoms with van der Waals surface area (Å²) in [4.78, 5) is 11.3. The molecule has 0 aliphatic heterocycles. The van der Waals surface area contributed by atoms with Crippen LogP contribution in [0.15, 0.2) is 53.0 Å². The molecule has 0 saturated carbocycles. The first-order valence-electron chi connectivity index (χ1n) is 12.9. The van der Waals surface area contributed by atoms with Gasteiger partial charge in [-0.15, -0.1) is 0 Å². The number of carbonyl (C=O) groups is 1. The molecule has 2 heterocycles. The molecule has 3 rings (SSSR count). The van der Waals surface area contributed by atoms with Crippen molar-refractivity contribution < 1.29 is 38.4 Å². The number of ether oxygens (including phenoxy) is 4. The van der Waals surface area contributed by atoms with Gasteiger partial charge >= 0.3 is 5.97 Å². The van der Waals surface area contributed by atoms with Crippen LogP contribution in [-0.2, 0) is 32.5 Å². The number of hydrogen-bond donors (Lipinski definition) is 2. The molecular formula is C29H39NO8. The lowest BCUT2D eigenvalue weighted by Crippen LogP contribution is -2.26. The van der Waals surface area contributed by atoms with Crippen molar-refractivity contribution >= 4 is 16.9 Å². The first-order valence-corrected chi connectivity index (χ1v) is 12.9. The molecule has 0 saturated heterocycles. The van der Waals surface area contributed by atoms with Crippen LogP contribution >= 0.6 is 0 Å². The summed E-state index contributed by atoms with van der Waals surface area (Å²) in [5.74, 6) is 0.806. The molecule has 0 radical (unpaired) electrons. The smallest absolute Gasteiger partial charge is 0.333 e. The van der Waals surface area contributed by atoms with Gasteiger partial charge in [0.25, 0.3) is 0 Å². The van der Waals surface area contributed by atoms with Crippen molar-refractivity contribution in [2.45, 2.75) is 51.7 Å². The maximum Gasteiger partial charge on any atom is 0.333 e. The third kappa shape index (κ3) is 8.73. The molecule has 0 bridgehead atoms. The summed E-state index contributed by atoms with van der Waals surface area (Å²) in [6.07, 6.45) is 2.79. The van der Waals surface area contributed by atoms with Gasteiger partial charge in [0.15, 0.2) is 5.76 Å². The number of unbranched alkanes of at least 4 members (excludes halogenated alkanes) is 2. The molecule has 9 nitrogen and oxygen atoms in total. The van der Waals surface area contributed by atoms with Crippen LogP contribution in [0.4, 0.5) is 0 Å². The number of esters is 1. The minimum atomic E-state index is -0.985. The molecular weight excluding hydrogens is 490 g/mol. The number of benzene rings is 1. The van der Waals surface area contributed by atoms with Crippen molar-refractivity contribution in [3.05, 3.63) is 54.2 Å². The molecule has 2 unspecified atom stereocenters. The van der Waals surface area contributed by atoms with Gasteiger partial charge in [0.05, 0.1) is 18.9 Å². The van der Waals surface area contributed by atoms with Crippen molar-refractivity contribution in [2.24, 2.45) is 7.05 Å². The van der Waals surface area contributed by atoms with Gasteiger partial charge in [-0.05, 0) is 50.1 Å². The Morgan fingerprint density at radius 2 is 1.76 bits per heavy atom. The minimum absolute atomic E-state index is 0.0119. The fourth-order valence-electron chi connectivity index (χ4n) is 3.85. The molecule has 38 heavy (non-hydrogen) atoms. The second kappa shape index (κ2) is 14.7. The summed E-state index contributed by atoms with van der Waals surface area (Å²) >= 11 is 0. The second-order valence-electron chi connectivity index (χ2n) is 9.39. The van der Waals surface area contributed by atoms with E-state index >= 15 is 0 Å². The Morgan fingerprint density at radius 3 is 2.47 bits per heavy atom. The average molecular weight is 530 g/mol. The summed E-state index contributed by atoms with van der Waals surface area (Å²) in [6, 6.07) is 11.8. The number of carbonyl (C=O) groups excluding carboxylic acids is 1. The lowest BCUT2D eigenvalue weighted by Gasteiger charge is -2.14. The molecule has 0 aliphatic rings. The Morgan fingerprint density at radius 1 is 1.03 bits per heavy atom. The Hall–Kier alpha value is -3.11. The Bertz CT molecular complexity index is 1180. The van der Waals surface area contributed by atoms with Crippen LogP contribution in [-0.4, -0.2) is 66.2 Å². The summed E-state index contributed by atoms with van der Waals surface area (Å²) in [5.41, 5.74) is 3.29. The maximum atomic E-state index is 11.3. The maximum absolute atomic E-state index is 11.3. The van der Waals surface area contributed by atoms with Gasteiger partial charge in [0, 0.05) is 29.8 Å². The average Bonchev–Trinajstić information content (AvgIpc) is 3.48. The Labute approximate surface area is 223 Å². The van der Waals surface area contributed by atoms with Crippen molar-refractivity contribution in [2.75, 3.05) is 33.2 Å². The lowest BCUT2D eigenvalue weighted by atomic mass is 10.1. The zero-order chi connectivity index (χ0) is 27.5. The summed E-state index contributed by atoms with van der Waals surface area (Å²) in [5, 5.41) is 20.8. The third-order valence-corrected chi connectivity index (χ3v) is 5.99. The van der Waals surface area contributed by atoms with E-state index < -0.39 is 18.2 Å². The van der Waals surface area contributed by atoms with Gasteiger partial charge < -0.3 is 38.1 Å². The summed E-state index contributed by atoms with van der Waals surface area (Å²) < 4.78 is 29.3. The highest BCUT2D eigenvalue weighted by Gasteiger charge is 2.14. The van der Waals surface area contributed by atoms with Crippen LogP contribution in [0.3, 0.4) is 0 Å². The van der Waals surface area contributed by atoms with E-state index in [9.17, 15) is 15.0 Å². The van der Waals surface area contributed by atoms with Crippen LogP contribution < -0.4 is 4.74 Å². The number of aromatic nitrogens is 1. The first kappa shape index (κ1) is 29.4. The normalized spacial score (nSPS) is 13.0. The lowest BCUT2D eigenvalue weighted by molar-refractivity contribution is -0.145. The van der Waals surface area contributed by atoms with E-state index in [0.29, 0.717) is 11.3 Å². The van der Waals surface area contributed by atoms with Crippen LogP contribution in [0.2, 0.25) is 0 Å². The van der Waals surface area contributed by atoms with Gasteiger partial charge in [0.2, 0.25) is 0 Å². The molecule has 1 aromatic carbocycles. The molecule has 0 fully saturated rings. The number of nitrogens with zero attached hydrogens (tertiary/aromatic N) is 1. The highest BCUT2D eigenvalue weighted by Crippen LogP contribution is 2.31. The molecule has 2 N–H and O–H groups in total. The van der Waals surface area contributed by atoms with E-state index in [-0.39, 0.29) is 38.8 Å². The van der Waals surface area contributed by atoms with Gasteiger partial charge in [0.1, 0.15) is 43.5 Å². The molecule has 9 heteroatoms. The highest BCUT2D eigenvalue weighted by molar-refractivity contribution is 5.87. The standard InChI is InChI=1S/C29H39NO8/c1-5-6-7-8-22-10-12-26(30(22)4)28-13-21-9-11-25(14-27(21)38-28)36-17-23(31)15-34-19-35-16-24(32)18-37-29(33)20(2)3/h9-14,23-24,31-32H,2,5-8,15-19H2,1,3-4H3. The zero-order valence-electron chi connectivity index (χ0n) is 22.5. The number of rotatable bonds is 17. The number of fused-ring (bicyclic) bond motifs is 1. The van der Waals surface area contributed by atoms with E-state index in [4.69, 9.17) is 23.4 Å². The number of aliphatic hydroxyl groups excluding tert-OH is 2. The molecule has 0 aliphatic carbocycles. The van der Waals surface area contributed by atoms with Crippen LogP contribution in [0.5, 0.6) is 5.75 Å². The number of aryl methyl sites for hydroxylation is 1. The van der Waals surface area contributed by atoms with Crippen molar-refractivity contribution in [3.63, 3.8) is 0 Å². The van der Waals surface area contributed by atoms with Crippen LogP contribution in [0, 0.1) is 0 Å². The molecule has 0 spiro atoms. The Kier molecular flexibility index (Phi) is 11.4. The molecule has 2 atom stereocenters. The molecule has 208 valence electrons. The summed E-state index contributed by atoms with van der Waals surface area (Å²) in [7, 11) is 2.07. The van der Waals surface area contributed by atoms with E-state index in [1.54, 1.807) is 0 Å². The van der Waals surface area contributed by atoms with E-state index in [1.807, 2.05) is 24.3 Å². The van der Waals surface area contributed by atoms with Gasteiger partial charge in [-0.1, -0.05) is 26.3 Å². The van der Waals surface area contributed by atoms with Gasteiger partial charge in [-0.3, -0.25) is 0 Å². The molecule has 0 amide bonds. The summed E-state index contributed by atoms with van der Waals surface area (Å²) in [6.45, 7) is 6.79. The molecule has 2 aromatic heterocycles. The first-order chi connectivity index (χ1) is 18.3. The quantitative estimate of drug-likeness (QED) is 0.115. The Balaban J connectivity index is 1.40. The fourth-order valence-corrected chi connectivity index (χ4v) is 3.85. The van der Waals surface area contributed by atoms with Gasteiger partial charge in [-0.25, -0.2) is 4.79 Å². The SMILES string of the molecule is C=C(C)C(=O)OCC(O)COCOCC(O)COc1ccc2cc(-c3ccc(CCCCC)n3C)oc2c1. The monoisotopic (exact) mass is 529 g/mol. The molecule has 3 aromatic rings. The highest BCUT2D eigenvalue weighted by atomic mass is 16.7. The van der Waals surface area contributed by atoms with Crippen molar-refractivity contribution in [1.82, 2.24) is 4.57 Å². The van der Waals surface area contributed by atoms with E-state index in [2.05, 4.69) is 37.3 Å². The van der Waals surface area contributed by atoms with E-state index in [1.165, 1.54) is 31.9 Å². The second-order valence-corrected chi connectivity index (χ2v) is 9.39. The predicted molar refractivity (Wildman–Crippen MR) is 144 cm³/mol. The zero-order valence-corrected chi connectivity index (χ0v) is 22.5. The third-order valence-electron chi connectivity index (χ3n) is 5.99. The van der Waals surface area contributed by atoms with E-state index in [0.717, 1.165) is 23.3 Å². The number of hydrogen-bond acceptors (Lipinski definition) is 8.